The highest BCUT2D eigenvalue weighted by Gasteiger charge is 2.11. The van der Waals surface area contributed by atoms with Gasteiger partial charge in [0.05, 0.1) is 17.9 Å². The Morgan fingerprint density at radius 3 is 3.15 bits per heavy atom. The van der Waals surface area contributed by atoms with E-state index in [1.807, 2.05) is 6.08 Å². The van der Waals surface area contributed by atoms with E-state index < -0.39 is 0 Å². The summed E-state index contributed by atoms with van der Waals surface area (Å²) in [5.74, 6) is 0. The first kappa shape index (κ1) is 9.92. The molecule has 0 radical (unpaired) electrons. The van der Waals surface area contributed by atoms with E-state index in [1.165, 1.54) is 0 Å². The summed E-state index contributed by atoms with van der Waals surface area (Å²) >= 11 is 0. The van der Waals surface area contributed by atoms with E-state index in [2.05, 4.69) is 34.2 Å². The molecule has 1 aromatic heterocycles. The van der Waals surface area contributed by atoms with Gasteiger partial charge in [-0.15, -0.1) is 6.58 Å². The van der Waals surface area contributed by atoms with Crippen molar-refractivity contribution in [3.05, 3.63) is 24.5 Å². The van der Waals surface area contributed by atoms with Crippen LogP contribution in [0.5, 0.6) is 0 Å². The van der Waals surface area contributed by atoms with Crippen LogP contribution in [0.4, 0.5) is 0 Å². The molecule has 4 heteroatoms. The van der Waals surface area contributed by atoms with Crippen molar-refractivity contribution in [2.75, 3.05) is 6.54 Å². The van der Waals surface area contributed by atoms with Gasteiger partial charge in [-0.05, 0) is 19.4 Å². The van der Waals surface area contributed by atoms with E-state index >= 15 is 0 Å². The Morgan fingerprint density at radius 2 is 2.62 bits per heavy atom. The standard InChI is InChI=1S/C9H16N4/c1-3-5-6-8(10-4-2)9-7-11-13-12-9/h3,7-8,10H,1,4-6H2,2H3,(H,11,12,13). The molecule has 0 aliphatic carbocycles. The Balaban J connectivity index is 2.51. The second-order valence-corrected chi connectivity index (χ2v) is 2.87. The first-order chi connectivity index (χ1) is 6.38. The first-order valence-electron chi connectivity index (χ1n) is 4.58. The van der Waals surface area contributed by atoms with Crippen LogP contribution in [0.1, 0.15) is 31.5 Å². The van der Waals surface area contributed by atoms with Gasteiger partial charge in [0.25, 0.3) is 0 Å². The van der Waals surface area contributed by atoms with Gasteiger partial charge in [0.2, 0.25) is 0 Å². The maximum atomic E-state index is 4.06. The molecule has 13 heavy (non-hydrogen) atoms. The number of nitrogens with one attached hydrogen (secondary N) is 2. The van der Waals surface area contributed by atoms with Crippen LogP contribution in [0.2, 0.25) is 0 Å². The minimum Gasteiger partial charge on any atom is -0.309 e. The fraction of sp³-hybridized carbons (Fsp3) is 0.556. The summed E-state index contributed by atoms with van der Waals surface area (Å²) in [5, 5.41) is 13.8. The monoisotopic (exact) mass is 180 g/mol. The minimum absolute atomic E-state index is 0.293. The molecule has 72 valence electrons. The second-order valence-electron chi connectivity index (χ2n) is 2.87. The van der Waals surface area contributed by atoms with Crippen LogP contribution in [-0.2, 0) is 0 Å². The van der Waals surface area contributed by atoms with Gasteiger partial charge in [0.15, 0.2) is 0 Å². The van der Waals surface area contributed by atoms with E-state index in [-0.39, 0.29) is 0 Å². The maximum Gasteiger partial charge on any atom is 0.0993 e. The molecule has 0 saturated carbocycles. The minimum atomic E-state index is 0.293. The van der Waals surface area contributed by atoms with Gasteiger partial charge in [-0.2, -0.15) is 15.4 Å². The van der Waals surface area contributed by atoms with Crippen molar-refractivity contribution < 1.29 is 0 Å². The third-order valence-electron chi connectivity index (χ3n) is 1.90. The SMILES string of the molecule is C=CCCC(NCC)c1cn[nH]n1. The van der Waals surface area contributed by atoms with Gasteiger partial charge in [0.1, 0.15) is 0 Å². The number of rotatable bonds is 6. The Bertz CT molecular complexity index is 230. The maximum absolute atomic E-state index is 4.06. The number of allylic oxidation sites excluding steroid dienone is 1. The lowest BCUT2D eigenvalue weighted by Gasteiger charge is -2.13. The Kier molecular flexibility index (Phi) is 4.18. The molecule has 0 aromatic carbocycles. The number of aromatic amines is 1. The molecule has 1 rings (SSSR count). The zero-order valence-electron chi connectivity index (χ0n) is 7.95. The van der Waals surface area contributed by atoms with Crippen molar-refractivity contribution in [2.24, 2.45) is 0 Å². The fourth-order valence-electron chi connectivity index (χ4n) is 1.26. The molecule has 0 fully saturated rings. The third-order valence-corrected chi connectivity index (χ3v) is 1.90. The van der Waals surface area contributed by atoms with Crippen LogP contribution in [0.25, 0.3) is 0 Å². The second kappa shape index (κ2) is 5.48. The molecule has 1 atom stereocenters. The summed E-state index contributed by atoms with van der Waals surface area (Å²) in [4.78, 5) is 0. The largest absolute Gasteiger partial charge is 0.309 e. The summed E-state index contributed by atoms with van der Waals surface area (Å²) in [7, 11) is 0. The van der Waals surface area contributed by atoms with Gasteiger partial charge >= 0.3 is 0 Å². The zero-order chi connectivity index (χ0) is 9.52. The third kappa shape index (κ3) is 2.99. The number of hydrogen-bond donors (Lipinski definition) is 2. The number of nitrogens with zero attached hydrogens (tertiary/aromatic N) is 2. The predicted molar refractivity (Wildman–Crippen MR) is 52.2 cm³/mol. The van der Waals surface area contributed by atoms with Crippen molar-refractivity contribution in [3.63, 3.8) is 0 Å². The molecule has 0 aliphatic rings. The van der Waals surface area contributed by atoms with Gasteiger partial charge in [-0.3, -0.25) is 0 Å². The summed E-state index contributed by atoms with van der Waals surface area (Å²) in [5.41, 5.74) is 0.976. The number of H-pyrrole nitrogens is 1. The molecule has 1 heterocycles. The highest BCUT2D eigenvalue weighted by Crippen LogP contribution is 2.14. The van der Waals surface area contributed by atoms with Crippen LogP contribution < -0.4 is 5.32 Å². The van der Waals surface area contributed by atoms with Crippen molar-refractivity contribution in [1.29, 1.82) is 0 Å². The molecule has 0 amide bonds. The van der Waals surface area contributed by atoms with E-state index in [9.17, 15) is 0 Å². The van der Waals surface area contributed by atoms with E-state index in [0.717, 1.165) is 25.1 Å². The smallest absolute Gasteiger partial charge is 0.0993 e. The van der Waals surface area contributed by atoms with Crippen molar-refractivity contribution in [3.8, 4) is 0 Å². The lowest BCUT2D eigenvalue weighted by Crippen LogP contribution is -2.21. The fourth-order valence-corrected chi connectivity index (χ4v) is 1.26. The summed E-state index contributed by atoms with van der Waals surface area (Å²) in [6, 6.07) is 0.293. The average Bonchev–Trinajstić information content (AvgIpc) is 2.65. The van der Waals surface area contributed by atoms with Gasteiger partial charge < -0.3 is 5.32 Å². The van der Waals surface area contributed by atoms with Crippen LogP contribution in [0, 0.1) is 0 Å². The summed E-state index contributed by atoms with van der Waals surface area (Å²) < 4.78 is 0. The number of hydrogen-bond acceptors (Lipinski definition) is 3. The van der Waals surface area contributed by atoms with Crippen LogP contribution in [0.15, 0.2) is 18.9 Å². The highest BCUT2D eigenvalue weighted by molar-refractivity contribution is 4.99. The topological polar surface area (TPSA) is 53.6 Å². The molecule has 0 spiro atoms. The molecule has 1 aromatic rings. The van der Waals surface area contributed by atoms with Crippen molar-refractivity contribution in [2.45, 2.75) is 25.8 Å². The summed E-state index contributed by atoms with van der Waals surface area (Å²) in [6.45, 7) is 6.73. The molecular weight excluding hydrogens is 164 g/mol. The average molecular weight is 180 g/mol. The lowest BCUT2D eigenvalue weighted by atomic mass is 10.1. The lowest BCUT2D eigenvalue weighted by molar-refractivity contribution is 0.507. The predicted octanol–water partition coefficient (Wildman–Crippen LogP) is 1.42. The Labute approximate surface area is 78.4 Å². The molecule has 2 N–H and O–H groups in total. The van der Waals surface area contributed by atoms with E-state index in [1.54, 1.807) is 6.20 Å². The van der Waals surface area contributed by atoms with Crippen molar-refractivity contribution >= 4 is 0 Å². The highest BCUT2D eigenvalue weighted by atomic mass is 15.3. The van der Waals surface area contributed by atoms with Crippen molar-refractivity contribution in [1.82, 2.24) is 20.7 Å². The molecule has 0 saturated heterocycles. The van der Waals surface area contributed by atoms with Crippen LogP contribution >= 0.6 is 0 Å². The van der Waals surface area contributed by atoms with Gasteiger partial charge in [-0.1, -0.05) is 13.0 Å². The summed E-state index contributed by atoms with van der Waals surface area (Å²) in [6.07, 6.45) is 5.69. The molecule has 4 nitrogen and oxygen atoms in total. The van der Waals surface area contributed by atoms with Crippen LogP contribution in [-0.4, -0.2) is 22.0 Å². The molecule has 0 aliphatic heterocycles. The van der Waals surface area contributed by atoms with E-state index in [4.69, 9.17) is 0 Å². The van der Waals surface area contributed by atoms with Gasteiger partial charge in [-0.25, -0.2) is 0 Å². The van der Waals surface area contributed by atoms with E-state index in [0.29, 0.717) is 6.04 Å². The molecule has 1 unspecified atom stereocenters. The van der Waals surface area contributed by atoms with Crippen LogP contribution in [0.3, 0.4) is 0 Å². The van der Waals surface area contributed by atoms with Gasteiger partial charge in [0, 0.05) is 0 Å². The molecule has 0 bridgehead atoms. The zero-order valence-corrected chi connectivity index (χ0v) is 7.95. The first-order valence-corrected chi connectivity index (χ1v) is 4.58. The Hall–Kier alpha value is -1.16. The normalized spacial score (nSPS) is 12.7. The molecular formula is C9H16N4. The Morgan fingerprint density at radius 1 is 1.77 bits per heavy atom. The number of aromatic nitrogens is 3. The quantitative estimate of drug-likeness (QED) is 0.651.